The zero-order valence-corrected chi connectivity index (χ0v) is 9.22. The maximum atomic E-state index is 5.69. The van der Waals surface area contributed by atoms with Crippen LogP contribution < -0.4 is 4.57 Å². The van der Waals surface area contributed by atoms with E-state index < -0.39 is 0 Å². The summed E-state index contributed by atoms with van der Waals surface area (Å²) in [5.74, 6) is 0.979. The van der Waals surface area contributed by atoms with E-state index in [1.54, 1.807) is 0 Å². The molecule has 14 heavy (non-hydrogen) atoms. The molecule has 0 aliphatic heterocycles. The van der Waals surface area contributed by atoms with Crippen molar-refractivity contribution in [2.45, 2.75) is 34.2 Å². The minimum Gasteiger partial charge on any atom is -0.402 e. The first kappa shape index (κ1) is 9.25. The number of hydrogen-bond donors (Lipinski definition) is 0. The van der Waals surface area contributed by atoms with Crippen LogP contribution in [0.4, 0.5) is 0 Å². The monoisotopic (exact) mass is 190 g/mol. The van der Waals surface area contributed by atoms with Crippen LogP contribution in [0.5, 0.6) is 0 Å². The smallest absolute Gasteiger partial charge is 0.344 e. The van der Waals surface area contributed by atoms with Crippen molar-refractivity contribution in [1.82, 2.24) is 0 Å². The first-order valence-electron chi connectivity index (χ1n) is 5.03. The SMILES string of the molecule is CC[n+]1c(C)oc2cc(C)c(C)cc21. The Kier molecular flexibility index (Phi) is 2.06. The van der Waals surface area contributed by atoms with Gasteiger partial charge in [0, 0.05) is 6.07 Å². The maximum Gasteiger partial charge on any atom is 0.344 e. The zero-order valence-electron chi connectivity index (χ0n) is 9.22. The van der Waals surface area contributed by atoms with E-state index >= 15 is 0 Å². The molecule has 2 nitrogen and oxygen atoms in total. The highest BCUT2D eigenvalue weighted by Gasteiger charge is 2.17. The van der Waals surface area contributed by atoms with Crippen LogP contribution in [0.15, 0.2) is 16.5 Å². The number of fused-ring (bicyclic) bond motifs is 1. The van der Waals surface area contributed by atoms with Crippen molar-refractivity contribution in [2.75, 3.05) is 0 Å². The van der Waals surface area contributed by atoms with Gasteiger partial charge in [-0.25, -0.2) is 0 Å². The van der Waals surface area contributed by atoms with Crippen molar-refractivity contribution in [1.29, 1.82) is 0 Å². The first-order chi connectivity index (χ1) is 6.63. The fourth-order valence-corrected chi connectivity index (χ4v) is 1.84. The fourth-order valence-electron chi connectivity index (χ4n) is 1.84. The molecule has 0 saturated heterocycles. The Labute approximate surface area is 84.2 Å². The lowest BCUT2D eigenvalue weighted by molar-refractivity contribution is -0.679. The molecule has 0 spiro atoms. The average Bonchev–Trinajstić information content (AvgIpc) is 2.42. The highest BCUT2D eigenvalue weighted by Crippen LogP contribution is 2.18. The summed E-state index contributed by atoms with van der Waals surface area (Å²) >= 11 is 0. The average molecular weight is 190 g/mol. The third-order valence-corrected chi connectivity index (χ3v) is 2.82. The summed E-state index contributed by atoms with van der Waals surface area (Å²) in [7, 11) is 0. The van der Waals surface area contributed by atoms with Gasteiger partial charge in [-0.3, -0.25) is 0 Å². The van der Waals surface area contributed by atoms with Crippen molar-refractivity contribution in [3.63, 3.8) is 0 Å². The van der Waals surface area contributed by atoms with Crippen LogP contribution in [0.25, 0.3) is 11.1 Å². The number of oxazole rings is 1. The second kappa shape index (κ2) is 3.12. The van der Waals surface area contributed by atoms with Gasteiger partial charge in [0.2, 0.25) is 5.58 Å². The molecule has 0 bridgehead atoms. The van der Waals surface area contributed by atoms with Gasteiger partial charge in [-0.05, 0) is 38.0 Å². The van der Waals surface area contributed by atoms with Gasteiger partial charge in [-0.1, -0.05) is 0 Å². The van der Waals surface area contributed by atoms with Crippen molar-refractivity contribution in [3.8, 4) is 0 Å². The highest BCUT2D eigenvalue weighted by atomic mass is 16.3. The van der Waals surface area contributed by atoms with Gasteiger partial charge in [0.1, 0.15) is 6.54 Å². The van der Waals surface area contributed by atoms with E-state index in [0.29, 0.717) is 0 Å². The van der Waals surface area contributed by atoms with E-state index in [1.165, 1.54) is 16.6 Å². The molecule has 0 unspecified atom stereocenters. The van der Waals surface area contributed by atoms with E-state index in [2.05, 4.69) is 37.5 Å². The third-order valence-electron chi connectivity index (χ3n) is 2.82. The van der Waals surface area contributed by atoms with E-state index in [9.17, 15) is 0 Å². The van der Waals surface area contributed by atoms with Crippen LogP contribution in [0.1, 0.15) is 23.9 Å². The van der Waals surface area contributed by atoms with Crippen LogP contribution in [-0.2, 0) is 6.54 Å². The summed E-state index contributed by atoms with van der Waals surface area (Å²) in [5, 5.41) is 0. The summed E-state index contributed by atoms with van der Waals surface area (Å²) in [4.78, 5) is 0. The lowest BCUT2D eigenvalue weighted by atomic mass is 10.1. The molecule has 0 saturated carbocycles. The van der Waals surface area contributed by atoms with Gasteiger partial charge < -0.3 is 4.42 Å². The van der Waals surface area contributed by atoms with Crippen molar-refractivity contribution >= 4 is 11.1 Å². The van der Waals surface area contributed by atoms with Crippen molar-refractivity contribution < 1.29 is 8.98 Å². The minimum absolute atomic E-state index is 0.960. The Hall–Kier alpha value is -1.31. The predicted molar refractivity (Wildman–Crippen MR) is 56.3 cm³/mol. The zero-order chi connectivity index (χ0) is 10.3. The minimum atomic E-state index is 0.960. The maximum absolute atomic E-state index is 5.69. The number of aryl methyl sites for hydroxylation is 4. The van der Waals surface area contributed by atoms with Crippen LogP contribution in [0, 0.1) is 20.8 Å². The third kappa shape index (κ3) is 1.22. The Morgan fingerprint density at radius 1 is 1.14 bits per heavy atom. The number of hydrogen-bond acceptors (Lipinski definition) is 1. The molecule has 2 aromatic rings. The number of benzene rings is 1. The van der Waals surface area contributed by atoms with Crippen LogP contribution in [0.3, 0.4) is 0 Å². The molecule has 2 rings (SSSR count). The lowest BCUT2D eigenvalue weighted by Crippen LogP contribution is -2.33. The highest BCUT2D eigenvalue weighted by molar-refractivity contribution is 5.71. The molecular weight excluding hydrogens is 174 g/mol. The second-order valence-corrected chi connectivity index (χ2v) is 3.77. The molecule has 74 valence electrons. The molecule has 2 heteroatoms. The molecule has 0 fully saturated rings. The molecular formula is C12H16NO+. The predicted octanol–water partition coefficient (Wildman–Crippen LogP) is 2.67. The largest absolute Gasteiger partial charge is 0.402 e. The van der Waals surface area contributed by atoms with Gasteiger partial charge in [0.15, 0.2) is 0 Å². The number of nitrogens with zero attached hydrogens (tertiary/aromatic N) is 1. The van der Waals surface area contributed by atoms with Crippen LogP contribution in [-0.4, -0.2) is 0 Å². The van der Waals surface area contributed by atoms with E-state index in [1.807, 2.05) is 6.92 Å². The molecule has 0 aliphatic carbocycles. The standard InChI is InChI=1S/C12H16NO/c1-5-13-10(4)14-12-7-9(3)8(2)6-11(12)13/h6-7H,5H2,1-4H3/q+1. The van der Waals surface area contributed by atoms with E-state index in [0.717, 1.165) is 18.0 Å². The van der Waals surface area contributed by atoms with Crippen molar-refractivity contribution in [2.24, 2.45) is 0 Å². The summed E-state index contributed by atoms with van der Waals surface area (Å²) in [6.07, 6.45) is 0. The Morgan fingerprint density at radius 3 is 2.43 bits per heavy atom. The fraction of sp³-hybridized carbons (Fsp3) is 0.417. The molecule has 1 heterocycles. The van der Waals surface area contributed by atoms with Gasteiger partial charge in [-0.15, -0.1) is 0 Å². The first-order valence-corrected chi connectivity index (χ1v) is 5.03. The summed E-state index contributed by atoms with van der Waals surface area (Å²) < 4.78 is 7.88. The molecule has 0 aliphatic rings. The van der Waals surface area contributed by atoms with Gasteiger partial charge in [-0.2, -0.15) is 4.57 Å². The van der Waals surface area contributed by atoms with Crippen molar-refractivity contribution in [3.05, 3.63) is 29.2 Å². The summed E-state index contributed by atoms with van der Waals surface area (Å²) in [6.45, 7) is 9.35. The summed E-state index contributed by atoms with van der Waals surface area (Å²) in [5.41, 5.74) is 4.80. The molecule has 0 N–H and O–H groups in total. The molecule has 0 radical (unpaired) electrons. The quantitative estimate of drug-likeness (QED) is 0.632. The lowest BCUT2D eigenvalue weighted by Gasteiger charge is -1.95. The van der Waals surface area contributed by atoms with Gasteiger partial charge in [0.25, 0.3) is 5.52 Å². The van der Waals surface area contributed by atoms with Gasteiger partial charge >= 0.3 is 5.89 Å². The van der Waals surface area contributed by atoms with E-state index in [4.69, 9.17) is 4.42 Å². The van der Waals surface area contributed by atoms with Crippen LogP contribution >= 0.6 is 0 Å². The Bertz CT molecular complexity index is 483. The molecule has 0 atom stereocenters. The van der Waals surface area contributed by atoms with Crippen LogP contribution in [0.2, 0.25) is 0 Å². The van der Waals surface area contributed by atoms with Gasteiger partial charge in [0.05, 0.1) is 6.92 Å². The molecule has 1 aromatic heterocycles. The topological polar surface area (TPSA) is 17.0 Å². The number of aromatic nitrogens is 1. The number of rotatable bonds is 1. The molecule has 0 amide bonds. The Balaban J connectivity index is 2.82. The molecule has 1 aromatic carbocycles. The summed E-state index contributed by atoms with van der Waals surface area (Å²) in [6, 6.07) is 4.31. The van der Waals surface area contributed by atoms with E-state index in [-0.39, 0.29) is 0 Å². The normalized spacial score (nSPS) is 11.1. The second-order valence-electron chi connectivity index (χ2n) is 3.77. The Morgan fingerprint density at radius 2 is 1.79 bits per heavy atom.